The number of aliphatic hydroxyl groups is 1. The maximum atomic E-state index is 8.73. The first-order valence-corrected chi connectivity index (χ1v) is 6.09. The zero-order valence-corrected chi connectivity index (χ0v) is 10.5. The highest BCUT2D eigenvalue weighted by Crippen LogP contribution is 2.25. The molecule has 0 aliphatic rings. The Hall–Kier alpha value is -0.120. The van der Waals surface area contributed by atoms with Crippen molar-refractivity contribution in [3.63, 3.8) is 0 Å². The van der Waals surface area contributed by atoms with Crippen LogP contribution in [0.1, 0.15) is 46.5 Å². The molecule has 92 valence electrons. The predicted molar refractivity (Wildman–Crippen MR) is 63.8 cm³/mol. The Morgan fingerprint density at radius 2 is 2.07 bits per heavy atom. The lowest BCUT2D eigenvalue weighted by molar-refractivity contribution is -0.0603. The van der Waals surface area contributed by atoms with Crippen LogP contribution in [0.3, 0.4) is 0 Å². The molecule has 0 aliphatic carbocycles. The van der Waals surface area contributed by atoms with Crippen molar-refractivity contribution < 1.29 is 9.84 Å². The summed E-state index contributed by atoms with van der Waals surface area (Å²) in [5.41, 5.74) is 5.64. The third-order valence-corrected chi connectivity index (χ3v) is 3.14. The van der Waals surface area contributed by atoms with Gasteiger partial charge in [0.2, 0.25) is 0 Å². The zero-order chi connectivity index (χ0) is 11.7. The van der Waals surface area contributed by atoms with Gasteiger partial charge in [0, 0.05) is 19.8 Å². The van der Waals surface area contributed by atoms with E-state index in [4.69, 9.17) is 15.6 Å². The van der Waals surface area contributed by atoms with E-state index in [2.05, 4.69) is 20.8 Å². The van der Waals surface area contributed by atoms with Crippen LogP contribution in [0.2, 0.25) is 0 Å². The van der Waals surface area contributed by atoms with Gasteiger partial charge in [0.05, 0.1) is 5.60 Å². The number of rotatable bonds is 9. The fraction of sp³-hybridized carbons (Fsp3) is 1.00. The molecule has 2 atom stereocenters. The fourth-order valence-electron chi connectivity index (χ4n) is 1.72. The quantitative estimate of drug-likeness (QED) is 0.580. The van der Waals surface area contributed by atoms with E-state index in [0.29, 0.717) is 25.5 Å². The molecule has 0 aliphatic heterocycles. The van der Waals surface area contributed by atoms with Gasteiger partial charge in [-0.15, -0.1) is 0 Å². The average molecular weight is 217 g/mol. The van der Waals surface area contributed by atoms with Crippen molar-refractivity contribution in [2.75, 3.05) is 19.8 Å². The van der Waals surface area contributed by atoms with Crippen LogP contribution in [0, 0.1) is 5.92 Å². The van der Waals surface area contributed by atoms with Gasteiger partial charge in [0.1, 0.15) is 0 Å². The largest absolute Gasteiger partial charge is 0.396 e. The molecule has 0 fully saturated rings. The van der Waals surface area contributed by atoms with Crippen LogP contribution < -0.4 is 5.73 Å². The summed E-state index contributed by atoms with van der Waals surface area (Å²) in [5.74, 6) is 0.641. The van der Waals surface area contributed by atoms with Gasteiger partial charge in [-0.05, 0) is 25.2 Å². The lowest BCUT2D eigenvalue weighted by Gasteiger charge is -2.34. The smallest absolute Gasteiger partial charge is 0.0804 e. The number of hydrogen-bond acceptors (Lipinski definition) is 3. The number of ether oxygens (including phenoxy) is 1. The van der Waals surface area contributed by atoms with Crippen LogP contribution in [-0.4, -0.2) is 30.5 Å². The van der Waals surface area contributed by atoms with E-state index >= 15 is 0 Å². The topological polar surface area (TPSA) is 55.5 Å². The summed E-state index contributed by atoms with van der Waals surface area (Å²) in [6.07, 6.45) is 3.81. The summed E-state index contributed by atoms with van der Waals surface area (Å²) >= 11 is 0. The molecular weight excluding hydrogens is 190 g/mol. The molecule has 3 heteroatoms. The van der Waals surface area contributed by atoms with Gasteiger partial charge >= 0.3 is 0 Å². The van der Waals surface area contributed by atoms with Gasteiger partial charge in [0.25, 0.3) is 0 Å². The van der Waals surface area contributed by atoms with E-state index in [0.717, 1.165) is 19.3 Å². The van der Waals surface area contributed by atoms with Gasteiger partial charge < -0.3 is 15.6 Å². The van der Waals surface area contributed by atoms with Gasteiger partial charge in [-0.2, -0.15) is 0 Å². The van der Waals surface area contributed by atoms with Crippen molar-refractivity contribution in [1.29, 1.82) is 0 Å². The summed E-state index contributed by atoms with van der Waals surface area (Å²) in [7, 11) is 0. The van der Waals surface area contributed by atoms with Crippen LogP contribution in [0.5, 0.6) is 0 Å². The van der Waals surface area contributed by atoms with Crippen molar-refractivity contribution in [2.45, 2.75) is 52.1 Å². The minimum Gasteiger partial charge on any atom is -0.396 e. The fourth-order valence-corrected chi connectivity index (χ4v) is 1.72. The molecule has 0 rings (SSSR count). The second kappa shape index (κ2) is 8.08. The van der Waals surface area contributed by atoms with Crippen molar-refractivity contribution in [3.05, 3.63) is 0 Å². The van der Waals surface area contributed by atoms with Crippen molar-refractivity contribution in [1.82, 2.24) is 0 Å². The molecule has 0 aromatic carbocycles. The Labute approximate surface area is 94.0 Å². The minimum absolute atomic E-state index is 0.176. The van der Waals surface area contributed by atoms with E-state index in [1.807, 2.05) is 0 Å². The second-order valence-electron chi connectivity index (χ2n) is 4.38. The molecule has 0 aromatic heterocycles. The zero-order valence-electron chi connectivity index (χ0n) is 10.5. The van der Waals surface area contributed by atoms with Gasteiger partial charge in [-0.1, -0.05) is 27.2 Å². The van der Waals surface area contributed by atoms with Gasteiger partial charge in [-0.3, -0.25) is 0 Å². The Balaban J connectivity index is 4.16. The molecule has 0 spiro atoms. The Bertz CT molecular complexity index is 147. The summed E-state index contributed by atoms with van der Waals surface area (Å²) in [5, 5.41) is 8.73. The van der Waals surface area contributed by atoms with Crippen LogP contribution in [0.4, 0.5) is 0 Å². The molecule has 0 heterocycles. The first-order valence-electron chi connectivity index (χ1n) is 6.09. The monoisotopic (exact) mass is 217 g/mol. The number of hydrogen-bond donors (Lipinski definition) is 2. The Morgan fingerprint density at radius 1 is 1.40 bits per heavy atom. The lowest BCUT2D eigenvalue weighted by Crippen LogP contribution is -2.42. The van der Waals surface area contributed by atoms with E-state index in [1.165, 1.54) is 0 Å². The van der Waals surface area contributed by atoms with E-state index < -0.39 is 0 Å². The lowest BCUT2D eigenvalue weighted by atomic mass is 9.87. The first-order chi connectivity index (χ1) is 7.14. The maximum absolute atomic E-state index is 8.73. The SMILES string of the molecule is CCC(C)CC(CC)(CN)OCCCO. The predicted octanol–water partition coefficient (Wildman–Crippen LogP) is 1.93. The van der Waals surface area contributed by atoms with E-state index in [1.54, 1.807) is 0 Å². The summed E-state index contributed by atoms with van der Waals surface area (Å²) in [6, 6.07) is 0. The number of nitrogens with two attached hydrogens (primary N) is 1. The summed E-state index contributed by atoms with van der Waals surface area (Å²) < 4.78 is 5.86. The molecule has 0 bridgehead atoms. The maximum Gasteiger partial charge on any atom is 0.0804 e. The van der Waals surface area contributed by atoms with Gasteiger partial charge in [0.15, 0.2) is 0 Å². The third-order valence-electron chi connectivity index (χ3n) is 3.14. The summed E-state index contributed by atoms with van der Waals surface area (Å²) in [4.78, 5) is 0. The minimum atomic E-state index is -0.176. The average Bonchev–Trinajstić information content (AvgIpc) is 2.27. The third kappa shape index (κ3) is 5.50. The van der Waals surface area contributed by atoms with Crippen molar-refractivity contribution >= 4 is 0 Å². The summed E-state index contributed by atoms with van der Waals surface area (Å²) in [6.45, 7) is 7.91. The molecule has 0 saturated heterocycles. The van der Waals surface area contributed by atoms with Crippen molar-refractivity contribution in [2.24, 2.45) is 11.7 Å². The number of aliphatic hydroxyl groups excluding tert-OH is 1. The highest BCUT2D eigenvalue weighted by atomic mass is 16.5. The molecule has 0 aromatic rings. The van der Waals surface area contributed by atoms with Crippen LogP contribution in [0.15, 0.2) is 0 Å². The van der Waals surface area contributed by atoms with Crippen LogP contribution >= 0.6 is 0 Å². The molecule has 3 nitrogen and oxygen atoms in total. The standard InChI is InChI=1S/C12H27NO2/c1-4-11(3)9-12(5-2,10-13)15-8-6-7-14/h11,14H,4-10,13H2,1-3H3. The first kappa shape index (κ1) is 14.9. The molecule has 0 saturated carbocycles. The Morgan fingerprint density at radius 3 is 2.47 bits per heavy atom. The van der Waals surface area contributed by atoms with E-state index in [-0.39, 0.29) is 12.2 Å². The molecule has 3 N–H and O–H groups in total. The van der Waals surface area contributed by atoms with Crippen LogP contribution in [-0.2, 0) is 4.74 Å². The Kier molecular flexibility index (Phi) is 8.02. The molecule has 0 radical (unpaired) electrons. The van der Waals surface area contributed by atoms with Crippen molar-refractivity contribution in [3.8, 4) is 0 Å². The highest BCUT2D eigenvalue weighted by molar-refractivity contribution is 4.82. The molecule has 2 unspecified atom stereocenters. The van der Waals surface area contributed by atoms with Gasteiger partial charge in [-0.25, -0.2) is 0 Å². The highest BCUT2D eigenvalue weighted by Gasteiger charge is 2.28. The molecular formula is C12H27NO2. The second-order valence-corrected chi connectivity index (χ2v) is 4.38. The van der Waals surface area contributed by atoms with E-state index in [9.17, 15) is 0 Å². The van der Waals surface area contributed by atoms with Crippen LogP contribution in [0.25, 0.3) is 0 Å². The molecule has 0 amide bonds. The molecule has 15 heavy (non-hydrogen) atoms. The normalized spacial score (nSPS) is 17.4.